The molecule has 5 rings (SSSR count). The highest BCUT2D eigenvalue weighted by molar-refractivity contribution is 7.12. The summed E-state index contributed by atoms with van der Waals surface area (Å²) in [6.45, 7) is 6.17. The van der Waals surface area contributed by atoms with Gasteiger partial charge in [-0.3, -0.25) is 9.59 Å². The van der Waals surface area contributed by atoms with Gasteiger partial charge in [0.05, 0.1) is 16.4 Å². The Bertz CT molecular complexity index is 1480. The van der Waals surface area contributed by atoms with Crippen LogP contribution < -0.4 is 10.2 Å². The number of nitrogens with zero attached hydrogens (tertiary/aromatic N) is 2. The Morgan fingerprint density at radius 3 is 2.57 bits per heavy atom. The average molecular weight is 486 g/mol. The molecule has 0 unspecified atom stereocenters. The first-order valence-corrected chi connectivity index (χ1v) is 12.2. The van der Waals surface area contributed by atoms with Crippen LogP contribution in [0.25, 0.3) is 11.3 Å². The summed E-state index contributed by atoms with van der Waals surface area (Å²) < 4.78 is 13.6. The fraction of sp³-hybridized carbons (Fsp3) is 0.179. The number of rotatable bonds is 3. The standard InChI is InChI=1S/C28H24FN3O2S/c1-16-8-9-19(29)15-23(16)27(33)31-20-10-11-21(17(2)14-20)28(34)32-13-12-25-26(30-18(3)35-25)22-6-4-5-7-24(22)32/h4-11,14-15H,12-13H2,1-3H3,(H,31,33). The van der Waals surface area contributed by atoms with Crippen molar-refractivity contribution >= 4 is 34.5 Å². The van der Waals surface area contributed by atoms with Gasteiger partial charge in [0.15, 0.2) is 0 Å². The molecule has 0 saturated heterocycles. The Hall–Kier alpha value is -3.84. The van der Waals surface area contributed by atoms with Crippen LogP contribution in [0.1, 0.15) is 41.7 Å². The number of hydrogen-bond acceptors (Lipinski definition) is 4. The van der Waals surface area contributed by atoms with Crippen LogP contribution in [0.5, 0.6) is 0 Å². The van der Waals surface area contributed by atoms with Crippen molar-refractivity contribution in [1.29, 1.82) is 0 Å². The molecular weight excluding hydrogens is 461 g/mol. The van der Waals surface area contributed by atoms with Crippen LogP contribution >= 0.6 is 11.3 Å². The van der Waals surface area contributed by atoms with Gasteiger partial charge in [0.1, 0.15) is 5.82 Å². The van der Waals surface area contributed by atoms with Crippen LogP contribution in [0, 0.1) is 26.6 Å². The van der Waals surface area contributed by atoms with E-state index in [0.29, 0.717) is 23.4 Å². The number of amides is 2. The van der Waals surface area contributed by atoms with Crippen molar-refractivity contribution in [3.05, 3.63) is 98.6 Å². The molecule has 0 spiro atoms. The third-order valence-corrected chi connectivity index (χ3v) is 7.25. The van der Waals surface area contributed by atoms with E-state index in [1.165, 1.54) is 17.0 Å². The van der Waals surface area contributed by atoms with Crippen molar-refractivity contribution < 1.29 is 14.0 Å². The maximum atomic E-state index is 13.7. The zero-order valence-corrected chi connectivity index (χ0v) is 20.5. The van der Waals surface area contributed by atoms with E-state index in [1.807, 2.05) is 43.0 Å². The molecule has 2 heterocycles. The lowest BCUT2D eigenvalue weighted by atomic mass is 10.0. The maximum Gasteiger partial charge on any atom is 0.258 e. The Balaban J connectivity index is 1.42. The van der Waals surface area contributed by atoms with Crippen molar-refractivity contribution in [1.82, 2.24) is 4.98 Å². The van der Waals surface area contributed by atoms with E-state index in [4.69, 9.17) is 4.98 Å². The van der Waals surface area contributed by atoms with Gasteiger partial charge < -0.3 is 10.2 Å². The predicted molar refractivity (Wildman–Crippen MR) is 138 cm³/mol. The number of carbonyl (C=O) groups is 2. The Morgan fingerprint density at radius 1 is 0.971 bits per heavy atom. The molecule has 1 aliphatic rings. The predicted octanol–water partition coefficient (Wildman–Crippen LogP) is 6.33. The molecule has 0 radical (unpaired) electrons. The van der Waals surface area contributed by atoms with E-state index in [1.54, 1.807) is 42.5 Å². The van der Waals surface area contributed by atoms with Crippen LogP contribution in [0.2, 0.25) is 0 Å². The molecule has 4 aromatic rings. The number of nitrogens with one attached hydrogen (secondary N) is 1. The number of benzene rings is 3. The van der Waals surface area contributed by atoms with Gasteiger partial charge in [-0.15, -0.1) is 11.3 Å². The number of fused-ring (bicyclic) bond motifs is 3. The number of para-hydroxylation sites is 1. The van der Waals surface area contributed by atoms with Gasteiger partial charge in [0.25, 0.3) is 11.8 Å². The monoisotopic (exact) mass is 485 g/mol. The number of aromatic nitrogens is 1. The number of anilines is 2. The molecule has 5 nitrogen and oxygen atoms in total. The van der Waals surface area contributed by atoms with Gasteiger partial charge in [-0.2, -0.15) is 0 Å². The Labute approximate surface area is 207 Å². The Kier molecular flexibility index (Phi) is 5.94. The van der Waals surface area contributed by atoms with Crippen molar-refractivity contribution in [3.63, 3.8) is 0 Å². The summed E-state index contributed by atoms with van der Waals surface area (Å²) in [5, 5.41) is 3.83. The molecule has 3 aromatic carbocycles. The zero-order chi connectivity index (χ0) is 24.7. The lowest BCUT2D eigenvalue weighted by Gasteiger charge is -2.24. The van der Waals surface area contributed by atoms with E-state index in [9.17, 15) is 14.0 Å². The normalized spacial score (nSPS) is 12.5. The molecule has 1 N–H and O–H groups in total. The molecule has 0 fully saturated rings. The summed E-state index contributed by atoms with van der Waals surface area (Å²) >= 11 is 1.67. The molecule has 1 aromatic heterocycles. The minimum Gasteiger partial charge on any atom is -0.322 e. The van der Waals surface area contributed by atoms with E-state index in [-0.39, 0.29) is 11.5 Å². The zero-order valence-electron chi connectivity index (χ0n) is 19.7. The minimum absolute atomic E-state index is 0.0966. The second-order valence-electron chi connectivity index (χ2n) is 8.67. The van der Waals surface area contributed by atoms with Gasteiger partial charge in [0, 0.05) is 40.2 Å². The molecule has 1 aliphatic heterocycles. The summed E-state index contributed by atoms with van der Waals surface area (Å²) in [5.41, 5.74) is 5.59. The summed E-state index contributed by atoms with van der Waals surface area (Å²) in [6.07, 6.45) is 0.738. The maximum absolute atomic E-state index is 13.7. The third kappa shape index (κ3) is 4.35. The highest BCUT2D eigenvalue weighted by atomic mass is 32.1. The molecule has 176 valence electrons. The number of halogens is 1. The van der Waals surface area contributed by atoms with Crippen LogP contribution in [-0.4, -0.2) is 23.3 Å². The van der Waals surface area contributed by atoms with E-state index in [2.05, 4.69) is 5.32 Å². The summed E-state index contributed by atoms with van der Waals surface area (Å²) in [7, 11) is 0. The number of aryl methyl sites for hydroxylation is 3. The fourth-order valence-electron chi connectivity index (χ4n) is 4.47. The molecule has 0 saturated carbocycles. The molecule has 35 heavy (non-hydrogen) atoms. The molecule has 0 bridgehead atoms. The summed E-state index contributed by atoms with van der Waals surface area (Å²) in [6, 6.07) is 17.2. The van der Waals surface area contributed by atoms with Gasteiger partial charge in [-0.1, -0.05) is 24.3 Å². The van der Waals surface area contributed by atoms with Crippen molar-refractivity contribution in [2.75, 3.05) is 16.8 Å². The largest absolute Gasteiger partial charge is 0.322 e. The number of thiazole rings is 1. The Morgan fingerprint density at radius 2 is 1.77 bits per heavy atom. The lowest BCUT2D eigenvalue weighted by molar-refractivity contribution is 0.0985. The van der Waals surface area contributed by atoms with Crippen molar-refractivity contribution in [2.45, 2.75) is 27.2 Å². The minimum atomic E-state index is -0.463. The number of carbonyl (C=O) groups excluding carboxylic acids is 2. The van der Waals surface area contributed by atoms with Crippen molar-refractivity contribution in [3.8, 4) is 11.3 Å². The summed E-state index contributed by atoms with van der Waals surface area (Å²) in [5.74, 6) is -0.952. The highest BCUT2D eigenvalue weighted by Gasteiger charge is 2.27. The highest BCUT2D eigenvalue weighted by Crippen LogP contribution is 2.39. The topological polar surface area (TPSA) is 62.3 Å². The van der Waals surface area contributed by atoms with Gasteiger partial charge >= 0.3 is 0 Å². The first-order valence-electron chi connectivity index (χ1n) is 11.4. The van der Waals surface area contributed by atoms with Gasteiger partial charge in [-0.25, -0.2) is 9.37 Å². The van der Waals surface area contributed by atoms with Crippen molar-refractivity contribution in [2.24, 2.45) is 0 Å². The van der Waals surface area contributed by atoms with Crippen LogP contribution in [-0.2, 0) is 6.42 Å². The molecule has 0 atom stereocenters. The molecule has 2 amide bonds. The first-order chi connectivity index (χ1) is 16.8. The van der Waals surface area contributed by atoms with Gasteiger partial charge in [-0.05, 0) is 68.3 Å². The smallest absolute Gasteiger partial charge is 0.258 e. The summed E-state index contributed by atoms with van der Waals surface area (Å²) in [4.78, 5) is 34.1. The SMILES string of the molecule is Cc1nc2c(s1)CCN(C(=O)c1ccc(NC(=O)c3cc(F)ccc3C)cc1C)c1ccccc1-2. The molecule has 7 heteroatoms. The van der Waals surface area contributed by atoms with Crippen LogP contribution in [0.15, 0.2) is 60.7 Å². The lowest BCUT2D eigenvalue weighted by Crippen LogP contribution is -2.33. The van der Waals surface area contributed by atoms with E-state index >= 15 is 0 Å². The number of hydrogen-bond donors (Lipinski definition) is 1. The molecular formula is C28H24FN3O2S. The quantitative estimate of drug-likeness (QED) is 0.369. The second kappa shape index (κ2) is 9.07. The second-order valence-corrected chi connectivity index (χ2v) is 9.96. The van der Waals surface area contributed by atoms with E-state index < -0.39 is 11.7 Å². The van der Waals surface area contributed by atoms with Gasteiger partial charge in [0.2, 0.25) is 0 Å². The van der Waals surface area contributed by atoms with Crippen LogP contribution in [0.4, 0.5) is 15.8 Å². The average Bonchev–Trinajstić information content (AvgIpc) is 3.14. The fourth-order valence-corrected chi connectivity index (χ4v) is 5.41. The van der Waals surface area contributed by atoms with Crippen LogP contribution in [0.3, 0.4) is 0 Å². The first kappa shape index (κ1) is 22.9. The third-order valence-electron chi connectivity index (χ3n) is 6.22. The van der Waals surface area contributed by atoms with E-state index in [0.717, 1.165) is 33.9 Å². The molecule has 0 aliphatic carbocycles.